The number of aromatic nitrogens is 2. The Labute approximate surface area is 145 Å². The molecule has 0 aliphatic rings. The van der Waals surface area contributed by atoms with Crippen LogP contribution in [0.5, 0.6) is 23.0 Å². The summed E-state index contributed by atoms with van der Waals surface area (Å²) in [5.41, 5.74) is 3.15. The molecule has 0 unspecified atom stereocenters. The quantitative estimate of drug-likeness (QED) is 0.674. The van der Waals surface area contributed by atoms with Crippen LogP contribution in [0.4, 0.5) is 0 Å². The first-order valence-electron chi connectivity index (χ1n) is 7.10. The Morgan fingerprint density at radius 1 is 0.833 bits per heavy atom. The van der Waals surface area contributed by atoms with Crippen LogP contribution >= 0.6 is 0 Å². The van der Waals surface area contributed by atoms with Crippen LogP contribution in [0.25, 0.3) is 22.5 Å². The molecule has 0 aliphatic heterocycles. The van der Waals surface area contributed by atoms with Gasteiger partial charge in [0.15, 0.2) is 0 Å². The Morgan fingerprint density at radius 2 is 1.46 bits per heavy atom. The molecular weight excluding hydrogens is 375 g/mol. The van der Waals surface area contributed by atoms with Gasteiger partial charge in [0.2, 0.25) is 0 Å². The van der Waals surface area contributed by atoms with Crippen LogP contribution in [0, 0.1) is 0 Å². The van der Waals surface area contributed by atoms with Crippen molar-refractivity contribution in [1.82, 2.24) is 7.96 Å². The molecule has 0 amide bonds. The molecule has 1 aromatic heterocycles. The summed E-state index contributed by atoms with van der Waals surface area (Å²) < 4.78 is 25.2. The summed E-state index contributed by atoms with van der Waals surface area (Å²) in [7, 11) is 4.72. The molecule has 0 aliphatic carbocycles. The molecule has 7 heteroatoms. The standard InChI is InChI=1S/C17H16N2O4Se/c1-21-13-8-11(9-14(22-2)17(13)23-3)16-15(18-24-19-16)10-5-4-6-12(20)7-10/h4-9,20H,1-3H3. The number of hydrogen-bond donors (Lipinski definition) is 1. The van der Waals surface area contributed by atoms with Gasteiger partial charge in [0.25, 0.3) is 0 Å². The summed E-state index contributed by atoms with van der Waals surface area (Å²) >= 11 is -0.226. The van der Waals surface area contributed by atoms with E-state index in [1.807, 2.05) is 18.2 Å². The Kier molecular flexibility index (Phi) is 4.73. The van der Waals surface area contributed by atoms with E-state index in [4.69, 9.17) is 14.2 Å². The second-order valence-electron chi connectivity index (χ2n) is 4.93. The van der Waals surface area contributed by atoms with Crippen molar-refractivity contribution in [2.45, 2.75) is 0 Å². The topological polar surface area (TPSA) is 73.7 Å². The minimum absolute atomic E-state index is 0.193. The van der Waals surface area contributed by atoms with E-state index in [0.717, 1.165) is 22.5 Å². The van der Waals surface area contributed by atoms with Gasteiger partial charge < -0.3 is 0 Å². The van der Waals surface area contributed by atoms with E-state index in [1.165, 1.54) is 0 Å². The third kappa shape index (κ3) is 2.96. The van der Waals surface area contributed by atoms with Crippen molar-refractivity contribution in [3.05, 3.63) is 36.4 Å². The van der Waals surface area contributed by atoms with E-state index in [0.29, 0.717) is 17.2 Å². The molecule has 0 saturated heterocycles. The van der Waals surface area contributed by atoms with Crippen LogP contribution < -0.4 is 14.2 Å². The molecule has 124 valence electrons. The van der Waals surface area contributed by atoms with Crippen molar-refractivity contribution in [1.29, 1.82) is 0 Å². The SMILES string of the molecule is COc1cc(-c2n[se]nc2-c2cccc(O)c2)cc(OC)c1OC. The summed E-state index contributed by atoms with van der Waals surface area (Å²) in [5.74, 6) is 1.84. The molecule has 0 spiro atoms. The molecular formula is C17H16N2O4Se. The van der Waals surface area contributed by atoms with E-state index in [1.54, 1.807) is 39.5 Å². The molecule has 2 aromatic carbocycles. The van der Waals surface area contributed by atoms with Gasteiger partial charge >= 0.3 is 145 Å². The number of nitrogens with zero attached hydrogens (tertiary/aromatic N) is 2. The van der Waals surface area contributed by atoms with Crippen molar-refractivity contribution in [2.75, 3.05) is 21.3 Å². The Bertz CT molecular complexity index is 838. The zero-order chi connectivity index (χ0) is 17.1. The summed E-state index contributed by atoms with van der Waals surface area (Å²) in [5, 5.41) is 9.72. The van der Waals surface area contributed by atoms with Gasteiger partial charge in [-0.05, 0) is 0 Å². The molecule has 1 heterocycles. The average molecular weight is 391 g/mol. The van der Waals surface area contributed by atoms with Crippen LogP contribution in [0.2, 0.25) is 0 Å². The van der Waals surface area contributed by atoms with E-state index < -0.39 is 0 Å². The first-order chi connectivity index (χ1) is 11.7. The average Bonchev–Trinajstić information content (AvgIpc) is 3.10. The monoisotopic (exact) mass is 392 g/mol. The maximum absolute atomic E-state index is 9.72. The van der Waals surface area contributed by atoms with Gasteiger partial charge in [-0.15, -0.1) is 0 Å². The van der Waals surface area contributed by atoms with Gasteiger partial charge in [-0.3, -0.25) is 0 Å². The Balaban J connectivity index is 2.16. The van der Waals surface area contributed by atoms with Crippen LogP contribution in [-0.4, -0.2) is 49.4 Å². The fraction of sp³-hybridized carbons (Fsp3) is 0.176. The molecule has 6 nitrogen and oxygen atoms in total. The van der Waals surface area contributed by atoms with Gasteiger partial charge in [0, 0.05) is 0 Å². The van der Waals surface area contributed by atoms with Crippen molar-refractivity contribution in [3.8, 4) is 45.5 Å². The number of rotatable bonds is 5. The third-order valence-electron chi connectivity index (χ3n) is 3.55. The zero-order valence-corrected chi connectivity index (χ0v) is 15.2. The van der Waals surface area contributed by atoms with Gasteiger partial charge in [0.05, 0.1) is 0 Å². The number of phenols is 1. The summed E-state index contributed by atoms with van der Waals surface area (Å²) in [6.45, 7) is 0. The molecule has 0 radical (unpaired) electrons. The van der Waals surface area contributed by atoms with Crippen molar-refractivity contribution < 1.29 is 19.3 Å². The van der Waals surface area contributed by atoms with Crippen molar-refractivity contribution in [3.63, 3.8) is 0 Å². The fourth-order valence-electron chi connectivity index (χ4n) is 2.44. The van der Waals surface area contributed by atoms with E-state index >= 15 is 0 Å². The van der Waals surface area contributed by atoms with E-state index in [2.05, 4.69) is 7.96 Å². The molecule has 0 atom stereocenters. The van der Waals surface area contributed by atoms with Crippen molar-refractivity contribution >= 4 is 15.0 Å². The Hall–Kier alpha value is -2.50. The Morgan fingerprint density at radius 3 is 2.00 bits per heavy atom. The molecule has 1 N–H and O–H groups in total. The first-order valence-corrected chi connectivity index (χ1v) is 8.63. The van der Waals surface area contributed by atoms with Gasteiger partial charge in [-0.1, -0.05) is 0 Å². The molecule has 0 saturated carbocycles. The van der Waals surface area contributed by atoms with E-state index in [9.17, 15) is 5.11 Å². The van der Waals surface area contributed by atoms with Crippen LogP contribution in [-0.2, 0) is 0 Å². The molecule has 3 rings (SSSR count). The van der Waals surface area contributed by atoms with Gasteiger partial charge in [-0.25, -0.2) is 0 Å². The minimum atomic E-state index is -0.226. The number of phenolic OH excluding ortho intramolecular Hbond substituents is 1. The van der Waals surface area contributed by atoms with Crippen LogP contribution in [0.15, 0.2) is 36.4 Å². The normalized spacial score (nSPS) is 10.5. The maximum atomic E-state index is 9.72. The van der Waals surface area contributed by atoms with E-state index in [-0.39, 0.29) is 20.7 Å². The summed E-state index contributed by atoms with van der Waals surface area (Å²) in [4.78, 5) is 0. The summed E-state index contributed by atoms with van der Waals surface area (Å²) in [6.07, 6.45) is 0. The predicted octanol–water partition coefficient (Wildman–Crippen LogP) is 2.60. The molecule has 3 aromatic rings. The molecule has 0 bridgehead atoms. The second-order valence-corrected chi connectivity index (χ2v) is 6.03. The molecule has 0 fully saturated rings. The van der Waals surface area contributed by atoms with Gasteiger partial charge in [-0.2, -0.15) is 0 Å². The fourth-order valence-corrected chi connectivity index (χ4v) is 3.67. The van der Waals surface area contributed by atoms with Gasteiger partial charge in [0.1, 0.15) is 0 Å². The van der Waals surface area contributed by atoms with Crippen LogP contribution in [0.1, 0.15) is 0 Å². The predicted molar refractivity (Wildman–Crippen MR) is 91.2 cm³/mol. The number of ether oxygens (including phenoxy) is 3. The summed E-state index contributed by atoms with van der Waals surface area (Å²) in [6, 6.07) is 10.7. The van der Waals surface area contributed by atoms with Crippen LogP contribution in [0.3, 0.4) is 0 Å². The zero-order valence-electron chi connectivity index (χ0n) is 13.4. The third-order valence-corrected chi connectivity index (χ3v) is 4.66. The first kappa shape index (κ1) is 16.4. The second kappa shape index (κ2) is 6.95. The number of methoxy groups -OCH3 is 3. The number of hydrogen-bond acceptors (Lipinski definition) is 6. The van der Waals surface area contributed by atoms with Crippen molar-refractivity contribution in [2.24, 2.45) is 0 Å². The molecule has 24 heavy (non-hydrogen) atoms. The number of aromatic hydroxyl groups is 1. The number of benzene rings is 2.